The number of piperidine rings is 1. The molecule has 1 N–H and O–H groups in total. The van der Waals surface area contributed by atoms with Gasteiger partial charge in [0.25, 0.3) is 0 Å². The maximum atomic E-state index is 12.6. The smallest absolute Gasteiger partial charge is 0.233 e. The van der Waals surface area contributed by atoms with Gasteiger partial charge in [-0.2, -0.15) is 0 Å². The van der Waals surface area contributed by atoms with Crippen LogP contribution in [0.3, 0.4) is 0 Å². The van der Waals surface area contributed by atoms with Crippen LogP contribution < -0.4 is 5.32 Å². The van der Waals surface area contributed by atoms with Gasteiger partial charge in [-0.3, -0.25) is 9.59 Å². The fourth-order valence-corrected chi connectivity index (χ4v) is 3.58. The third-order valence-corrected chi connectivity index (χ3v) is 4.65. The minimum absolute atomic E-state index is 0.0657. The van der Waals surface area contributed by atoms with Crippen LogP contribution in [-0.2, 0) is 14.3 Å². The van der Waals surface area contributed by atoms with Crippen molar-refractivity contribution in [2.75, 3.05) is 25.6 Å². The van der Waals surface area contributed by atoms with Crippen LogP contribution in [0.1, 0.15) is 49.7 Å². The first-order valence-corrected chi connectivity index (χ1v) is 9.16. The molecule has 1 aliphatic heterocycles. The number of carbonyl (C=O) groups is 2. The largest absolute Gasteiger partial charge is 0.385 e. The summed E-state index contributed by atoms with van der Waals surface area (Å²) >= 11 is 0. The quantitative estimate of drug-likeness (QED) is 0.608. The third kappa shape index (κ3) is 6.16. The molecular formula is C20H30N2O3. The normalized spacial score (nSPS) is 17.4. The number of benzene rings is 1. The monoisotopic (exact) mass is 346 g/mol. The van der Waals surface area contributed by atoms with Gasteiger partial charge in [-0.1, -0.05) is 6.07 Å². The highest BCUT2D eigenvalue weighted by molar-refractivity contribution is 6.03. The Morgan fingerprint density at radius 3 is 2.60 bits per heavy atom. The summed E-state index contributed by atoms with van der Waals surface area (Å²) in [6, 6.07) is 6.14. The molecule has 5 heteroatoms. The van der Waals surface area contributed by atoms with Crippen LogP contribution >= 0.6 is 0 Å². The molecule has 1 aromatic rings. The predicted molar refractivity (Wildman–Crippen MR) is 99.6 cm³/mol. The summed E-state index contributed by atoms with van der Waals surface area (Å²) in [5, 5.41) is 2.85. The van der Waals surface area contributed by atoms with Gasteiger partial charge in [-0.25, -0.2) is 0 Å². The molecule has 1 aliphatic rings. The van der Waals surface area contributed by atoms with Crippen molar-refractivity contribution >= 4 is 17.5 Å². The molecule has 1 fully saturated rings. The van der Waals surface area contributed by atoms with Gasteiger partial charge in [-0.05, 0) is 69.2 Å². The van der Waals surface area contributed by atoms with Crippen LogP contribution in [0.5, 0.6) is 0 Å². The Kier molecular flexibility index (Phi) is 7.44. The Hall–Kier alpha value is -1.88. The van der Waals surface area contributed by atoms with Crippen molar-refractivity contribution in [3.63, 3.8) is 0 Å². The average Bonchev–Trinajstić information content (AvgIpc) is 2.54. The number of rotatable bonds is 7. The van der Waals surface area contributed by atoms with Gasteiger partial charge in [0.1, 0.15) is 6.42 Å². The SMILES string of the molecule is COCCCC1CCCCN1C(=O)CC(=O)Nc1cc(C)cc(C)c1. The Morgan fingerprint density at radius 2 is 1.92 bits per heavy atom. The molecular weight excluding hydrogens is 316 g/mol. The minimum Gasteiger partial charge on any atom is -0.385 e. The molecule has 5 nitrogen and oxygen atoms in total. The third-order valence-electron chi connectivity index (χ3n) is 4.65. The zero-order valence-corrected chi connectivity index (χ0v) is 15.6. The van der Waals surface area contributed by atoms with E-state index in [2.05, 4.69) is 11.4 Å². The average molecular weight is 346 g/mol. The number of amides is 2. The Morgan fingerprint density at radius 1 is 1.20 bits per heavy atom. The molecule has 2 rings (SSSR count). The van der Waals surface area contributed by atoms with Crippen molar-refractivity contribution in [2.45, 2.75) is 58.4 Å². The van der Waals surface area contributed by atoms with Crippen LogP contribution in [0.2, 0.25) is 0 Å². The first-order valence-electron chi connectivity index (χ1n) is 9.16. The van der Waals surface area contributed by atoms with E-state index in [1.54, 1.807) is 7.11 Å². The number of nitrogens with zero attached hydrogens (tertiary/aromatic N) is 1. The molecule has 0 aromatic heterocycles. The number of hydrogen-bond acceptors (Lipinski definition) is 3. The van der Waals surface area contributed by atoms with Gasteiger partial charge in [-0.15, -0.1) is 0 Å². The van der Waals surface area contributed by atoms with E-state index in [-0.39, 0.29) is 24.3 Å². The van der Waals surface area contributed by atoms with Crippen LogP contribution in [0.15, 0.2) is 18.2 Å². The number of nitrogens with one attached hydrogen (secondary N) is 1. The molecule has 1 saturated heterocycles. The highest BCUT2D eigenvalue weighted by atomic mass is 16.5. The molecule has 1 heterocycles. The van der Waals surface area contributed by atoms with E-state index in [9.17, 15) is 9.59 Å². The molecule has 138 valence electrons. The molecule has 0 bridgehead atoms. The lowest BCUT2D eigenvalue weighted by Crippen LogP contribution is -2.44. The minimum atomic E-state index is -0.240. The number of ether oxygens (including phenoxy) is 1. The molecule has 0 aliphatic carbocycles. The van der Waals surface area contributed by atoms with Gasteiger partial charge >= 0.3 is 0 Å². The van der Waals surface area contributed by atoms with Crippen molar-refractivity contribution in [3.05, 3.63) is 29.3 Å². The fourth-order valence-electron chi connectivity index (χ4n) is 3.58. The lowest BCUT2D eigenvalue weighted by Gasteiger charge is -2.36. The van der Waals surface area contributed by atoms with E-state index in [0.717, 1.165) is 55.5 Å². The van der Waals surface area contributed by atoms with E-state index in [0.29, 0.717) is 6.61 Å². The Bertz CT molecular complexity index is 580. The number of methoxy groups -OCH3 is 1. The van der Waals surface area contributed by atoms with Crippen LogP contribution in [-0.4, -0.2) is 43.0 Å². The van der Waals surface area contributed by atoms with Gasteiger partial charge in [0.15, 0.2) is 0 Å². The summed E-state index contributed by atoms with van der Waals surface area (Å²) in [4.78, 5) is 26.8. The van der Waals surface area contributed by atoms with E-state index in [4.69, 9.17) is 4.74 Å². The van der Waals surface area contributed by atoms with Crippen LogP contribution in [0.25, 0.3) is 0 Å². The summed E-state index contributed by atoms with van der Waals surface area (Å²) in [6.07, 6.45) is 4.99. The van der Waals surface area contributed by atoms with Gasteiger partial charge < -0.3 is 15.0 Å². The zero-order valence-electron chi connectivity index (χ0n) is 15.6. The predicted octanol–water partition coefficient (Wildman–Crippen LogP) is 3.44. The van der Waals surface area contributed by atoms with Crippen LogP contribution in [0.4, 0.5) is 5.69 Å². The summed E-state index contributed by atoms with van der Waals surface area (Å²) in [5.74, 6) is -0.305. The number of likely N-dealkylation sites (tertiary alicyclic amines) is 1. The Labute approximate surface area is 150 Å². The van der Waals surface area contributed by atoms with Crippen molar-refractivity contribution in [2.24, 2.45) is 0 Å². The Balaban J connectivity index is 1.90. The fraction of sp³-hybridized carbons (Fsp3) is 0.600. The highest BCUT2D eigenvalue weighted by Crippen LogP contribution is 2.22. The van der Waals surface area contributed by atoms with Gasteiger partial charge in [0, 0.05) is 32.0 Å². The maximum absolute atomic E-state index is 12.6. The molecule has 0 spiro atoms. The van der Waals surface area contributed by atoms with E-state index in [1.807, 2.05) is 30.9 Å². The molecule has 0 radical (unpaired) electrons. The topological polar surface area (TPSA) is 58.6 Å². The van der Waals surface area contributed by atoms with Crippen LogP contribution in [0, 0.1) is 13.8 Å². The molecule has 1 unspecified atom stereocenters. The van der Waals surface area contributed by atoms with Crippen molar-refractivity contribution in [1.82, 2.24) is 4.90 Å². The maximum Gasteiger partial charge on any atom is 0.233 e. The highest BCUT2D eigenvalue weighted by Gasteiger charge is 2.27. The molecule has 1 atom stereocenters. The van der Waals surface area contributed by atoms with Crippen molar-refractivity contribution < 1.29 is 14.3 Å². The van der Waals surface area contributed by atoms with E-state index in [1.165, 1.54) is 0 Å². The lowest BCUT2D eigenvalue weighted by molar-refractivity contribution is -0.137. The first-order chi connectivity index (χ1) is 12.0. The standard InChI is InChI=1S/C20H30N2O3/c1-15-11-16(2)13-17(12-15)21-19(23)14-20(24)22-9-5-4-7-18(22)8-6-10-25-3/h11-13,18H,4-10,14H2,1-3H3,(H,21,23). The molecule has 0 saturated carbocycles. The summed E-state index contributed by atoms with van der Waals surface area (Å²) in [5.41, 5.74) is 2.94. The van der Waals surface area contributed by atoms with Gasteiger partial charge in [0.2, 0.25) is 11.8 Å². The van der Waals surface area contributed by atoms with E-state index >= 15 is 0 Å². The summed E-state index contributed by atoms with van der Waals surface area (Å²) in [6.45, 7) is 5.46. The second-order valence-electron chi connectivity index (χ2n) is 6.97. The molecule has 1 aromatic carbocycles. The second kappa shape index (κ2) is 9.56. The van der Waals surface area contributed by atoms with Gasteiger partial charge in [0.05, 0.1) is 0 Å². The second-order valence-corrected chi connectivity index (χ2v) is 6.97. The summed E-state index contributed by atoms with van der Waals surface area (Å²) in [7, 11) is 1.70. The first kappa shape index (κ1) is 19.4. The number of anilines is 1. The van der Waals surface area contributed by atoms with E-state index < -0.39 is 0 Å². The molecule has 2 amide bonds. The molecule has 25 heavy (non-hydrogen) atoms. The van der Waals surface area contributed by atoms with Crippen molar-refractivity contribution in [3.8, 4) is 0 Å². The zero-order chi connectivity index (χ0) is 18.2. The summed E-state index contributed by atoms with van der Waals surface area (Å²) < 4.78 is 5.11. The van der Waals surface area contributed by atoms with Crippen molar-refractivity contribution in [1.29, 1.82) is 0 Å². The number of carbonyl (C=O) groups excluding carboxylic acids is 2. The number of aryl methyl sites for hydroxylation is 2. The lowest BCUT2D eigenvalue weighted by atomic mass is 9.97. The number of hydrogen-bond donors (Lipinski definition) is 1.